The second kappa shape index (κ2) is 5.39. The summed E-state index contributed by atoms with van der Waals surface area (Å²) >= 11 is 0. The highest BCUT2D eigenvalue weighted by molar-refractivity contribution is 5.94. The molecule has 8 heteroatoms. The Balaban J connectivity index is 2.16. The molecular formula is C13H15N3O5. The van der Waals surface area contributed by atoms with Gasteiger partial charge in [-0.25, -0.2) is 9.59 Å². The van der Waals surface area contributed by atoms with Crippen LogP contribution in [0.4, 0.5) is 16.2 Å². The molecule has 1 saturated heterocycles. The maximum Gasteiger partial charge on any atom is 0.329 e. The van der Waals surface area contributed by atoms with Crippen LogP contribution < -0.4 is 5.32 Å². The van der Waals surface area contributed by atoms with Gasteiger partial charge in [-0.3, -0.25) is 10.1 Å². The molecule has 2 amide bonds. The molecule has 0 aliphatic carbocycles. The summed E-state index contributed by atoms with van der Waals surface area (Å²) in [7, 11) is 0. The SMILES string of the molecule is CC1(C(=O)O)CCCN1C(=O)Nc1cccc([N+](=O)[O-])c1. The zero-order chi connectivity index (χ0) is 15.6. The third-order valence-electron chi connectivity index (χ3n) is 3.66. The Hall–Kier alpha value is -2.64. The number of rotatable bonds is 3. The zero-order valence-electron chi connectivity index (χ0n) is 11.4. The number of urea groups is 1. The molecule has 2 rings (SSSR count). The van der Waals surface area contributed by atoms with E-state index in [9.17, 15) is 24.8 Å². The fourth-order valence-corrected chi connectivity index (χ4v) is 2.40. The van der Waals surface area contributed by atoms with Crippen LogP contribution >= 0.6 is 0 Å². The van der Waals surface area contributed by atoms with Crippen molar-refractivity contribution in [3.63, 3.8) is 0 Å². The lowest BCUT2D eigenvalue weighted by Gasteiger charge is -2.31. The van der Waals surface area contributed by atoms with Crippen LogP contribution in [0.2, 0.25) is 0 Å². The molecule has 8 nitrogen and oxygen atoms in total. The molecule has 0 spiro atoms. The van der Waals surface area contributed by atoms with Gasteiger partial charge in [-0.15, -0.1) is 0 Å². The average molecular weight is 293 g/mol. The van der Waals surface area contributed by atoms with E-state index in [0.29, 0.717) is 19.4 Å². The van der Waals surface area contributed by atoms with Gasteiger partial charge in [0.2, 0.25) is 0 Å². The molecule has 1 unspecified atom stereocenters. The summed E-state index contributed by atoms with van der Waals surface area (Å²) in [6.45, 7) is 1.83. The smallest absolute Gasteiger partial charge is 0.329 e. The van der Waals surface area contributed by atoms with Crippen molar-refractivity contribution in [2.24, 2.45) is 0 Å². The van der Waals surface area contributed by atoms with E-state index < -0.39 is 22.5 Å². The standard InChI is InChI=1S/C13H15N3O5/c1-13(11(17)18)6-3-7-15(13)12(19)14-9-4-2-5-10(8-9)16(20)21/h2,4-5,8H,3,6-7H2,1H3,(H,14,19)(H,17,18). The molecule has 0 aromatic heterocycles. The summed E-state index contributed by atoms with van der Waals surface area (Å²) < 4.78 is 0. The summed E-state index contributed by atoms with van der Waals surface area (Å²) in [6, 6.07) is 4.93. The number of hydrogen-bond acceptors (Lipinski definition) is 4. The topological polar surface area (TPSA) is 113 Å². The number of aliphatic carboxylic acids is 1. The van der Waals surface area contributed by atoms with Crippen LogP contribution in [0.5, 0.6) is 0 Å². The van der Waals surface area contributed by atoms with E-state index in [0.717, 1.165) is 0 Å². The first kappa shape index (κ1) is 14.8. The first-order valence-electron chi connectivity index (χ1n) is 6.41. The third kappa shape index (κ3) is 2.78. The molecule has 21 heavy (non-hydrogen) atoms. The number of carboxylic acid groups (broad SMARTS) is 1. The number of carbonyl (C=O) groups is 2. The summed E-state index contributed by atoms with van der Waals surface area (Å²) in [5, 5.41) is 22.5. The second-order valence-corrected chi connectivity index (χ2v) is 5.07. The van der Waals surface area contributed by atoms with Crippen molar-refractivity contribution in [2.45, 2.75) is 25.3 Å². The zero-order valence-corrected chi connectivity index (χ0v) is 11.4. The van der Waals surface area contributed by atoms with Crippen molar-refractivity contribution in [1.82, 2.24) is 4.90 Å². The number of nitrogens with one attached hydrogen (secondary N) is 1. The minimum Gasteiger partial charge on any atom is -0.480 e. The van der Waals surface area contributed by atoms with Gasteiger partial charge in [0.05, 0.1) is 4.92 Å². The Kier molecular flexibility index (Phi) is 3.79. The van der Waals surface area contributed by atoms with Crippen molar-refractivity contribution in [1.29, 1.82) is 0 Å². The van der Waals surface area contributed by atoms with Gasteiger partial charge in [-0.05, 0) is 25.8 Å². The van der Waals surface area contributed by atoms with Gasteiger partial charge >= 0.3 is 12.0 Å². The number of likely N-dealkylation sites (tertiary alicyclic amines) is 1. The molecule has 1 aromatic rings. The number of carboxylic acids is 1. The van der Waals surface area contributed by atoms with Gasteiger partial charge in [0.15, 0.2) is 0 Å². The number of benzene rings is 1. The first-order chi connectivity index (χ1) is 9.84. The number of nitrogens with zero attached hydrogens (tertiary/aromatic N) is 2. The number of nitro groups is 1. The summed E-state index contributed by atoms with van der Waals surface area (Å²) in [5.74, 6) is -1.06. The molecule has 0 saturated carbocycles. The average Bonchev–Trinajstić information content (AvgIpc) is 2.82. The molecule has 1 fully saturated rings. The van der Waals surface area contributed by atoms with E-state index in [1.807, 2.05) is 0 Å². The van der Waals surface area contributed by atoms with Gasteiger partial charge < -0.3 is 15.3 Å². The Labute approximate surface area is 120 Å². The van der Waals surface area contributed by atoms with Gasteiger partial charge in [0, 0.05) is 24.4 Å². The number of amides is 2. The Morgan fingerprint density at radius 1 is 1.48 bits per heavy atom. The highest BCUT2D eigenvalue weighted by Crippen LogP contribution is 2.30. The predicted molar refractivity (Wildman–Crippen MR) is 74.1 cm³/mol. The monoisotopic (exact) mass is 293 g/mol. The lowest BCUT2D eigenvalue weighted by molar-refractivity contribution is -0.384. The Morgan fingerprint density at radius 2 is 2.19 bits per heavy atom. The summed E-state index contributed by atoms with van der Waals surface area (Å²) in [6.07, 6.45) is 0.982. The van der Waals surface area contributed by atoms with E-state index in [1.165, 1.54) is 36.1 Å². The summed E-state index contributed by atoms with van der Waals surface area (Å²) in [5.41, 5.74) is -1.13. The minimum absolute atomic E-state index is 0.143. The van der Waals surface area contributed by atoms with Crippen LogP contribution in [0.1, 0.15) is 19.8 Å². The molecule has 1 aliphatic rings. The number of hydrogen-bond donors (Lipinski definition) is 2. The summed E-state index contributed by atoms with van der Waals surface area (Å²) in [4.78, 5) is 34.9. The van der Waals surface area contributed by atoms with Crippen LogP contribution in [-0.4, -0.2) is 39.0 Å². The van der Waals surface area contributed by atoms with Crippen LogP contribution in [0, 0.1) is 10.1 Å². The van der Waals surface area contributed by atoms with Crippen LogP contribution in [-0.2, 0) is 4.79 Å². The van der Waals surface area contributed by atoms with Crippen LogP contribution in [0.3, 0.4) is 0 Å². The quantitative estimate of drug-likeness (QED) is 0.654. The van der Waals surface area contributed by atoms with Crippen molar-refractivity contribution in [3.8, 4) is 0 Å². The number of nitro benzene ring substituents is 1. The molecule has 112 valence electrons. The number of carbonyl (C=O) groups excluding carboxylic acids is 1. The Bertz CT molecular complexity index is 603. The van der Waals surface area contributed by atoms with E-state index in [1.54, 1.807) is 0 Å². The van der Waals surface area contributed by atoms with Crippen molar-refractivity contribution in [2.75, 3.05) is 11.9 Å². The maximum absolute atomic E-state index is 12.2. The Morgan fingerprint density at radius 3 is 2.81 bits per heavy atom. The van der Waals surface area contributed by atoms with E-state index in [4.69, 9.17) is 0 Å². The van der Waals surface area contributed by atoms with E-state index >= 15 is 0 Å². The van der Waals surface area contributed by atoms with Gasteiger partial charge in [0.25, 0.3) is 5.69 Å². The van der Waals surface area contributed by atoms with Crippen molar-refractivity contribution in [3.05, 3.63) is 34.4 Å². The highest BCUT2D eigenvalue weighted by Gasteiger charge is 2.46. The normalized spacial score (nSPS) is 21.1. The van der Waals surface area contributed by atoms with E-state index in [-0.39, 0.29) is 11.4 Å². The second-order valence-electron chi connectivity index (χ2n) is 5.07. The lowest BCUT2D eigenvalue weighted by atomic mass is 10.00. The van der Waals surface area contributed by atoms with Crippen LogP contribution in [0.15, 0.2) is 24.3 Å². The lowest BCUT2D eigenvalue weighted by Crippen LogP contribution is -2.52. The number of anilines is 1. The molecule has 1 atom stereocenters. The third-order valence-corrected chi connectivity index (χ3v) is 3.66. The van der Waals surface area contributed by atoms with Crippen LogP contribution in [0.25, 0.3) is 0 Å². The molecule has 1 heterocycles. The number of non-ortho nitro benzene ring substituents is 1. The molecular weight excluding hydrogens is 278 g/mol. The fourth-order valence-electron chi connectivity index (χ4n) is 2.40. The van der Waals surface area contributed by atoms with E-state index in [2.05, 4.69) is 5.32 Å². The maximum atomic E-state index is 12.2. The predicted octanol–water partition coefficient (Wildman–Crippen LogP) is 2.07. The molecule has 2 N–H and O–H groups in total. The van der Waals surface area contributed by atoms with Gasteiger partial charge in [-0.1, -0.05) is 6.07 Å². The minimum atomic E-state index is -1.25. The van der Waals surface area contributed by atoms with Crippen molar-refractivity contribution >= 4 is 23.4 Å². The van der Waals surface area contributed by atoms with Gasteiger partial charge in [0.1, 0.15) is 5.54 Å². The fraction of sp³-hybridized carbons (Fsp3) is 0.385. The molecule has 1 aromatic carbocycles. The molecule has 1 aliphatic heterocycles. The first-order valence-corrected chi connectivity index (χ1v) is 6.41. The highest BCUT2D eigenvalue weighted by atomic mass is 16.6. The van der Waals surface area contributed by atoms with Gasteiger partial charge in [-0.2, -0.15) is 0 Å². The largest absolute Gasteiger partial charge is 0.480 e. The molecule has 0 bridgehead atoms. The van der Waals surface area contributed by atoms with Crippen molar-refractivity contribution < 1.29 is 19.6 Å². The molecule has 0 radical (unpaired) electrons.